The fourth-order valence-electron chi connectivity index (χ4n) is 5.81. The summed E-state index contributed by atoms with van der Waals surface area (Å²) in [5, 5.41) is 16.9. The standard InChI is InChI=1S/C32H23NO2/c34-32(35)23-17-28(29-16-22-6-2-4-8-30(22)33-31(29)18-23)21-10-12-25-20(15-21)11-14-26-24-7-3-1-5-19(24)9-13-27(25)26/h2,4,6,8-18H,1,3,5,7H2,(H,34,35). The highest BCUT2D eigenvalue weighted by Gasteiger charge is 2.16. The highest BCUT2D eigenvalue weighted by Crippen LogP contribution is 2.37. The monoisotopic (exact) mass is 453 g/mol. The molecular formula is C32H23NO2. The van der Waals surface area contributed by atoms with Crippen LogP contribution in [0.5, 0.6) is 0 Å². The number of aryl methyl sites for hydroxylation is 2. The first kappa shape index (κ1) is 20.2. The molecule has 0 spiro atoms. The molecule has 5 aromatic carbocycles. The molecule has 0 saturated heterocycles. The number of carboxylic acid groups (broad SMARTS) is 1. The maximum atomic E-state index is 11.9. The molecule has 168 valence electrons. The Bertz CT molecular complexity index is 1830. The minimum Gasteiger partial charge on any atom is -0.478 e. The van der Waals surface area contributed by atoms with Crippen LogP contribution >= 0.6 is 0 Å². The van der Waals surface area contributed by atoms with Gasteiger partial charge in [0.15, 0.2) is 0 Å². The molecule has 3 nitrogen and oxygen atoms in total. The van der Waals surface area contributed by atoms with Crippen LogP contribution in [0, 0.1) is 0 Å². The van der Waals surface area contributed by atoms with Gasteiger partial charge in [0.05, 0.1) is 16.6 Å². The van der Waals surface area contributed by atoms with E-state index in [1.54, 1.807) is 12.1 Å². The van der Waals surface area contributed by atoms with Crippen molar-refractivity contribution < 1.29 is 9.90 Å². The number of rotatable bonds is 2. The zero-order chi connectivity index (χ0) is 23.5. The Kier molecular flexibility index (Phi) is 4.40. The smallest absolute Gasteiger partial charge is 0.335 e. The van der Waals surface area contributed by atoms with Gasteiger partial charge in [-0.05, 0) is 99.8 Å². The molecule has 0 atom stereocenters. The molecule has 1 aliphatic rings. The van der Waals surface area contributed by atoms with E-state index in [2.05, 4.69) is 48.5 Å². The maximum absolute atomic E-state index is 11.9. The molecule has 0 unspecified atom stereocenters. The van der Waals surface area contributed by atoms with Crippen molar-refractivity contribution in [2.75, 3.05) is 0 Å². The molecule has 0 fully saturated rings. The summed E-state index contributed by atoms with van der Waals surface area (Å²) in [6.07, 6.45) is 4.88. The summed E-state index contributed by atoms with van der Waals surface area (Å²) in [5.41, 5.74) is 6.71. The summed E-state index contributed by atoms with van der Waals surface area (Å²) in [5.74, 6) is -0.945. The first-order chi connectivity index (χ1) is 17.2. The number of hydrogen-bond donors (Lipinski definition) is 1. The molecule has 6 aromatic rings. The SMILES string of the molecule is O=C(O)c1cc(-c2ccc3c(ccc4c5c(ccc43)CCCC5)c2)c2cc3ccccc3nc2c1. The third-order valence-electron chi connectivity index (χ3n) is 7.54. The quantitative estimate of drug-likeness (QED) is 0.214. The van der Waals surface area contributed by atoms with Gasteiger partial charge >= 0.3 is 5.97 Å². The third-order valence-corrected chi connectivity index (χ3v) is 7.54. The average molecular weight is 454 g/mol. The molecule has 35 heavy (non-hydrogen) atoms. The van der Waals surface area contributed by atoms with Gasteiger partial charge in [0.2, 0.25) is 0 Å². The minimum atomic E-state index is -0.945. The highest BCUT2D eigenvalue weighted by molar-refractivity contribution is 6.11. The fourth-order valence-corrected chi connectivity index (χ4v) is 5.81. The number of aromatic carboxylic acids is 1. The lowest BCUT2D eigenvalue weighted by Crippen LogP contribution is -2.03. The first-order valence-corrected chi connectivity index (χ1v) is 12.2. The molecule has 0 aliphatic heterocycles. The summed E-state index contributed by atoms with van der Waals surface area (Å²) in [6, 6.07) is 29.1. The van der Waals surface area contributed by atoms with Gasteiger partial charge in [0.25, 0.3) is 0 Å². The summed E-state index contributed by atoms with van der Waals surface area (Å²) in [7, 11) is 0. The number of pyridine rings is 1. The zero-order valence-electron chi connectivity index (χ0n) is 19.2. The van der Waals surface area contributed by atoms with Gasteiger partial charge in [0.1, 0.15) is 0 Å². The third kappa shape index (κ3) is 3.19. The lowest BCUT2D eigenvalue weighted by molar-refractivity contribution is 0.0697. The van der Waals surface area contributed by atoms with Crippen LogP contribution in [0.1, 0.15) is 34.3 Å². The van der Waals surface area contributed by atoms with Crippen molar-refractivity contribution >= 4 is 49.3 Å². The predicted octanol–water partition coefficient (Wildman–Crippen LogP) is 7.94. The van der Waals surface area contributed by atoms with Crippen LogP contribution in [0.25, 0.3) is 54.5 Å². The molecule has 0 saturated carbocycles. The largest absolute Gasteiger partial charge is 0.478 e. The van der Waals surface area contributed by atoms with Crippen molar-refractivity contribution in [3.63, 3.8) is 0 Å². The number of hydrogen-bond acceptors (Lipinski definition) is 2. The van der Waals surface area contributed by atoms with Crippen LogP contribution in [-0.4, -0.2) is 16.1 Å². The van der Waals surface area contributed by atoms with E-state index in [0.29, 0.717) is 5.52 Å². The van der Waals surface area contributed by atoms with E-state index in [0.717, 1.165) is 39.2 Å². The number of carbonyl (C=O) groups is 1. The van der Waals surface area contributed by atoms with Crippen LogP contribution in [0.3, 0.4) is 0 Å². The van der Waals surface area contributed by atoms with Gasteiger partial charge in [-0.1, -0.05) is 54.6 Å². The van der Waals surface area contributed by atoms with Crippen molar-refractivity contribution in [2.24, 2.45) is 0 Å². The van der Waals surface area contributed by atoms with Crippen molar-refractivity contribution in [3.05, 3.63) is 102 Å². The number of carboxylic acids is 1. The molecule has 7 rings (SSSR count). The molecule has 1 heterocycles. The van der Waals surface area contributed by atoms with Crippen LogP contribution in [0.15, 0.2) is 84.9 Å². The first-order valence-electron chi connectivity index (χ1n) is 12.2. The van der Waals surface area contributed by atoms with E-state index < -0.39 is 5.97 Å². The number of para-hydroxylation sites is 1. The predicted molar refractivity (Wildman–Crippen MR) is 143 cm³/mol. The zero-order valence-corrected chi connectivity index (χ0v) is 19.2. The average Bonchev–Trinajstić information content (AvgIpc) is 2.90. The van der Waals surface area contributed by atoms with Crippen LogP contribution in [0.2, 0.25) is 0 Å². The van der Waals surface area contributed by atoms with Crippen LogP contribution < -0.4 is 0 Å². The Hall–Kier alpha value is -4.24. The van der Waals surface area contributed by atoms with Crippen molar-refractivity contribution in [1.82, 2.24) is 4.98 Å². The maximum Gasteiger partial charge on any atom is 0.335 e. The lowest BCUT2D eigenvalue weighted by Gasteiger charge is -2.19. The van der Waals surface area contributed by atoms with Gasteiger partial charge in [-0.3, -0.25) is 0 Å². The summed E-state index contributed by atoms with van der Waals surface area (Å²) in [6.45, 7) is 0. The van der Waals surface area contributed by atoms with E-state index in [-0.39, 0.29) is 5.56 Å². The fraction of sp³-hybridized carbons (Fsp3) is 0.125. The normalized spacial score (nSPS) is 13.5. The molecule has 1 N–H and O–H groups in total. The van der Waals surface area contributed by atoms with E-state index in [4.69, 9.17) is 4.98 Å². The second-order valence-electron chi connectivity index (χ2n) is 9.58. The molecule has 0 radical (unpaired) electrons. The van der Waals surface area contributed by atoms with Gasteiger partial charge < -0.3 is 5.11 Å². The minimum absolute atomic E-state index is 0.250. The second-order valence-corrected chi connectivity index (χ2v) is 9.58. The Labute approximate surface area is 202 Å². The van der Waals surface area contributed by atoms with Crippen molar-refractivity contribution in [1.29, 1.82) is 0 Å². The van der Waals surface area contributed by atoms with E-state index >= 15 is 0 Å². The van der Waals surface area contributed by atoms with Gasteiger partial charge in [-0.15, -0.1) is 0 Å². The molecule has 1 aromatic heterocycles. The number of benzene rings is 5. The molecule has 0 bridgehead atoms. The Morgan fingerprint density at radius 3 is 2.43 bits per heavy atom. The van der Waals surface area contributed by atoms with E-state index in [9.17, 15) is 9.90 Å². The summed E-state index contributed by atoms with van der Waals surface area (Å²) < 4.78 is 0. The Morgan fingerprint density at radius 2 is 1.51 bits per heavy atom. The van der Waals surface area contributed by atoms with Gasteiger partial charge in [0, 0.05) is 10.8 Å². The van der Waals surface area contributed by atoms with Gasteiger partial charge in [-0.2, -0.15) is 0 Å². The van der Waals surface area contributed by atoms with E-state index in [1.807, 2.05) is 24.3 Å². The van der Waals surface area contributed by atoms with Gasteiger partial charge in [-0.25, -0.2) is 9.78 Å². The highest BCUT2D eigenvalue weighted by atomic mass is 16.4. The topological polar surface area (TPSA) is 50.2 Å². The number of nitrogens with zero attached hydrogens (tertiary/aromatic N) is 1. The molecular weight excluding hydrogens is 430 g/mol. The molecule has 1 aliphatic carbocycles. The lowest BCUT2D eigenvalue weighted by atomic mass is 9.86. The molecule has 0 amide bonds. The van der Waals surface area contributed by atoms with E-state index in [1.165, 1.54) is 46.5 Å². The molecule has 3 heteroatoms. The summed E-state index contributed by atoms with van der Waals surface area (Å²) >= 11 is 0. The van der Waals surface area contributed by atoms with Crippen molar-refractivity contribution in [2.45, 2.75) is 25.7 Å². The van der Waals surface area contributed by atoms with Crippen molar-refractivity contribution in [3.8, 4) is 11.1 Å². The summed E-state index contributed by atoms with van der Waals surface area (Å²) in [4.78, 5) is 16.7. The van der Waals surface area contributed by atoms with Crippen LogP contribution in [-0.2, 0) is 12.8 Å². The van der Waals surface area contributed by atoms with Crippen LogP contribution in [0.4, 0.5) is 0 Å². The Morgan fingerprint density at radius 1 is 0.686 bits per heavy atom. The second kappa shape index (κ2) is 7.64. The number of fused-ring (bicyclic) bond motifs is 7. The Balaban J connectivity index is 1.48. The number of aromatic nitrogens is 1.